The van der Waals surface area contributed by atoms with Gasteiger partial charge in [-0.15, -0.1) is 11.8 Å². The van der Waals surface area contributed by atoms with Gasteiger partial charge < -0.3 is 4.74 Å². The zero-order valence-electron chi connectivity index (χ0n) is 14.1. The third-order valence-corrected chi connectivity index (χ3v) is 4.11. The highest BCUT2D eigenvalue weighted by molar-refractivity contribution is 7.99. The molecular weight excluding hydrogens is 359 g/mol. The van der Waals surface area contributed by atoms with Gasteiger partial charge in [0.1, 0.15) is 5.75 Å². The van der Waals surface area contributed by atoms with Crippen molar-refractivity contribution in [3.8, 4) is 5.75 Å². The summed E-state index contributed by atoms with van der Waals surface area (Å²) in [6, 6.07) is 19.1. The Morgan fingerprint density at radius 2 is 1.40 bits per heavy atom. The third kappa shape index (κ3) is 12.3. The first-order chi connectivity index (χ1) is 9.88. The molecule has 0 amide bonds. The van der Waals surface area contributed by atoms with Gasteiger partial charge in [0.25, 0.3) is 0 Å². The maximum Gasteiger partial charge on any atom is 0.119 e. The predicted molar refractivity (Wildman–Crippen MR) is 100 cm³/mol. The minimum absolute atomic E-state index is 0. The van der Waals surface area contributed by atoms with Crippen molar-refractivity contribution in [3.05, 3.63) is 60.2 Å². The molecule has 0 aliphatic heterocycles. The second-order valence-electron chi connectivity index (χ2n) is 4.76. The van der Waals surface area contributed by atoms with E-state index in [-0.39, 0.29) is 23.5 Å². The largest absolute Gasteiger partial charge is 0.494 e. The quantitative estimate of drug-likeness (QED) is 0.314. The van der Waals surface area contributed by atoms with E-state index in [1.807, 2.05) is 11.8 Å². The van der Waals surface area contributed by atoms with Crippen LogP contribution in [0.5, 0.6) is 5.75 Å². The molecule has 0 N–H and O–H groups in total. The van der Waals surface area contributed by atoms with Gasteiger partial charge in [-0.05, 0) is 42.7 Å². The number of benzene rings is 2. The number of hydrogen-bond acceptors (Lipinski definition) is 2. The lowest BCUT2D eigenvalue weighted by atomic mass is 10.2. The fourth-order valence-electron chi connectivity index (χ4n) is 1.89. The average molecular weight is 386 g/mol. The van der Waals surface area contributed by atoms with Crippen LogP contribution in [-0.2, 0) is 6.42 Å². The molecule has 25 heavy (non-hydrogen) atoms. The normalized spacial score (nSPS) is 8.36. The van der Waals surface area contributed by atoms with Crippen molar-refractivity contribution in [2.24, 2.45) is 0 Å². The van der Waals surface area contributed by atoms with Crippen molar-refractivity contribution in [2.45, 2.75) is 31.1 Å². The van der Waals surface area contributed by atoms with Gasteiger partial charge in [0.15, 0.2) is 0 Å². The van der Waals surface area contributed by atoms with Gasteiger partial charge >= 0.3 is 0 Å². The van der Waals surface area contributed by atoms with Crippen molar-refractivity contribution >= 4 is 11.8 Å². The Bertz CT molecular complexity index is 497. The monoisotopic (exact) mass is 386 g/mol. The molecule has 7 heteroatoms. The second kappa shape index (κ2) is 18.6. The molecule has 0 saturated heterocycles. The summed E-state index contributed by atoms with van der Waals surface area (Å²) < 4.78 is 5.67. The SMILES string of the molecule is CCCCOc1ccc(CCSc2ccccc2)cc1.F.F.F.F.F. The summed E-state index contributed by atoms with van der Waals surface area (Å²) in [5.74, 6) is 2.10. The lowest BCUT2D eigenvalue weighted by Gasteiger charge is -2.06. The van der Waals surface area contributed by atoms with Crippen LogP contribution in [0, 0.1) is 0 Å². The van der Waals surface area contributed by atoms with Crippen LogP contribution in [0.2, 0.25) is 0 Å². The summed E-state index contributed by atoms with van der Waals surface area (Å²) in [4.78, 5) is 1.34. The Hall–Kier alpha value is -1.76. The van der Waals surface area contributed by atoms with E-state index < -0.39 is 0 Å². The van der Waals surface area contributed by atoms with Gasteiger partial charge in [-0.25, -0.2) is 0 Å². The van der Waals surface area contributed by atoms with Crippen LogP contribution in [0.3, 0.4) is 0 Å². The van der Waals surface area contributed by atoms with Crippen molar-refractivity contribution in [2.75, 3.05) is 12.4 Å². The van der Waals surface area contributed by atoms with Crippen molar-refractivity contribution in [1.82, 2.24) is 0 Å². The number of hydrogen-bond donors (Lipinski definition) is 0. The Kier molecular flexibility index (Phi) is 23.1. The van der Waals surface area contributed by atoms with Crippen molar-refractivity contribution in [3.63, 3.8) is 0 Å². The molecule has 0 fully saturated rings. The molecule has 146 valence electrons. The van der Waals surface area contributed by atoms with E-state index >= 15 is 0 Å². The fourth-order valence-corrected chi connectivity index (χ4v) is 2.81. The molecule has 0 radical (unpaired) electrons. The van der Waals surface area contributed by atoms with E-state index in [9.17, 15) is 0 Å². The summed E-state index contributed by atoms with van der Waals surface area (Å²) in [5.41, 5.74) is 1.37. The van der Waals surface area contributed by atoms with Gasteiger partial charge in [-0.2, -0.15) is 0 Å². The average Bonchev–Trinajstić information content (AvgIpc) is 2.50. The molecule has 0 heterocycles. The minimum Gasteiger partial charge on any atom is -0.494 e. The zero-order chi connectivity index (χ0) is 14.0. The first-order valence-corrected chi connectivity index (χ1v) is 8.26. The van der Waals surface area contributed by atoms with Crippen LogP contribution < -0.4 is 4.74 Å². The lowest BCUT2D eigenvalue weighted by molar-refractivity contribution is 0.309. The van der Waals surface area contributed by atoms with E-state index in [1.54, 1.807) is 0 Å². The van der Waals surface area contributed by atoms with Gasteiger partial charge in [0, 0.05) is 10.6 Å². The van der Waals surface area contributed by atoms with Crippen LogP contribution in [0.25, 0.3) is 0 Å². The number of rotatable bonds is 8. The van der Waals surface area contributed by atoms with Crippen LogP contribution in [0.15, 0.2) is 59.5 Å². The van der Waals surface area contributed by atoms with E-state index in [2.05, 4.69) is 61.5 Å². The second-order valence-corrected chi connectivity index (χ2v) is 5.93. The summed E-state index contributed by atoms with van der Waals surface area (Å²) in [5, 5.41) is 0. The first-order valence-electron chi connectivity index (χ1n) is 7.28. The molecule has 0 unspecified atom stereocenters. The minimum atomic E-state index is 0. The smallest absolute Gasteiger partial charge is 0.119 e. The highest BCUT2D eigenvalue weighted by Gasteiger charge is 1.97. The molecule has 2 aromatic carbocycles. The maximum absolute atomic E-state index is 5.67. The molecular formula is C18H27F5OS. The molecule has 2 aromatic rings. The number of halogens is 5. The summed E-state index contributed by atoms with van der Waals surface area (Å²) in [6.45, 7) is 3.00. The van der Waals surface area contributed by atoms with Crippen LogP contribution in [0.1, 0.15) is 25.3 Å². The Balaban J connectivity index is -0.000000441. The topological polar surface area (TPSA) is 9.23 Å². The molecule has 1 nitrogen and oxygen atoms in total. The lowest BCUT2D eigenvalue weighted by Crippen LogP contribution is -1.96. The molecule has 0 bridgehead atoms. The summed E-state index contributed by atoms with van der Waals surface area (Å²) in [7, 11) is 0. The molecule has 2 rings (SSSR count). The zero-order valence-corrected chi connectivity index (χ0v) is 14.9. The van der Waals surface area contributed by atoms with Crippen molar-refractivity contribution in [1.29, 1.82) is 0 Å². The van der Waals surface area contributed by atoms with Crippen molar-refractivity contribution < 1.29 is 28.3 Å². The first kappa shape index (κ1) is 31.1. The summed E-state index contributed by atoms with van der Waals surface area (Å²) >= 11 is 1.91. The molecule has 0 aliphatic carbocycles. The summed E-state index contributed by atoms with van der Waals surface area (Å²) in [6.07, 6.45) is 3.39. The number of thioether (sulfide) groups is 1. The molecule has 0 aliphatic rings. The Morgan fingerprint density at radius 3 is 1.96 bits per heavy atom. The van der Waals surface area contributed by atoms with Gasteiger partial charge in [-0.1, -0.05) is 43.7 Å². The number of ether oxygens (including phenoxy) is 1. The molecule has 0 spiro atoms. The molecule has 0 saturated carbocycles. The Morgan fingerprint density at radius 1 is 0.800 bits per heavy atom. The van der Waals surface area contributed by atoms with E-state index in [1.165, 1.54) is 16.9 Å². The van der Waals surface area contributed by atoms with Crippen LogP contribution in [0.4, 0.5) is 23.5 Å². The Labute approximate surface area is 150 Å². The van der Waals surface area contributed by atoms with Gasteiger partial charge in [0.2, 0.25) is 0 Å². The molecule has 0 atom stereocenters. The van der Waals surface area contributed by atoms with E-state index in [0.717, 1.165) is 31.0 Å². The number of aryl methyl sites for hydroxylation is 1. The fraction of sp³-hybridized carbons (Fsp3) is 0.333. The van der Waals surface area contributed by atoms with Gasteiger partial charge in [-0.3, -0.25) is 23.5 Å². The van der Waals surface area contributed by atoms with E-state index in [4.69, 9.17) is 4.74 Å². The van der Waals surface area contributed by atoms with E-state index in [0.29, 0.717) is 0 Å². The third-order valence-electron chi connectivity index (χ3n) is 3.09. The standard InChI is InChI=1S/C18H22OS.5FH/c1-2-3-14-19-17-11-9-16(10-12-17)13-15-20-18-7-5-4-6-8-18;;;;;/h4-12H,2-3,13-15H2,1H3;5*1H. The highest BCUT2D eigenvalue weighted by atomic mass is 32.2. The molecule has 0 aromatic heterocycles. The number of unbranched alkanes of at least 4 members (excludes halogenated alkanes) is 1. The van der Waals surface area contributed by atoms with Gasteiger partial charge in [0.05, 0.1) is 6.61 Å². The maximum atomic E-state index is 5.67. The van der Waals surface area contributed by atoms with Crippen LogP contribution in [-0.4, -0.2) is 12.4 Å². The van der Waals surface area contributed by atoms with Crippen LogP contribution >= 0.6 is 11.8 Å². The predicted octanol–water partition coefficient (Wildman–Crippen LogP) is 5.96. The highest BCUT2D eigenvalue weighted by Crippen LogP contribution is 2.19.